The summed E-state index contributed by atoms with van der Waals surface area (Å²) >= 11 is 0. The van der Waals surface area contributed by atoms with Gasteiger partial charge in [0.15, 0.2) is 23.3 Å². The van der Waals surface area contributed by atoms with Gasteiger partial charge in [0, 0.05) is 29.7 Å². The fourth-order valence-corrected chi connectivity index (χ4v) is 8.62. The maximum absolute atomic E-state index is 15.1. The highest BCUT2D eigenvalue weighted by Gasteiger charge is 2.45. The highest BCUT2D eigenvalue weighted by molar-refractivity contribution is 5.61. The first kappa shape index (κ1) is 36.6. The number of allylic oxidation sites excluding steroid dienone is 1. The van der Waals surface area contributed by atoms with Crippen LogP contribution in [-0.4, -0.2) is 6.11 Å². The number of alkyl halides is 2. The molecule has 1 nitrogen and oxygen atoms in total. The van der Waals surface area contributed by atoms with Crippen molar-refractivity contribution < 1.29 is 44.3 Å². The summed E-state index contributed by atoms with van der Waals surface area (Å²) in [7, 11) is 0. The minimum Gasteiger partial charge on any atom is -0.432 e. The SMILES string of the molecule is CCCCCC(F)=C(F)c1cc(F)c(C2CCC(C3CCC(C4CCC(C(F)(F)Oc5cc(F)c(F)c(F)c5)CC4)CC3)CC2)c(F)c1. The molecule has 3 aliphatic rings. The Kier molecular flexibility index (Phi) is 12.1. The van der Waals surface area contributed by atoms with E-state index in [4.69, 9.17) is 0 Å². The Hall–Kier alpha value is -2.65. The molecule has 0 amide bonds. The number of benzene rings is 2. The van der Waals surface area contributed by atoms with E-state index < -0.39 is 64.1 Å². The lowest BCUT2D eigenvalue weighted by Crippen LogP contribution is -2.38. The highest BCUT2D eigenvalue weighted by Crippen LogP contribution is 2.49. The third-order valence-electron chi connectivity index (χ3n) is 11.4. The van der Waals surface area contributed by atoms with Crippen LogP contribution in [0.5, 0.6) is 5.75 Å². The van der Waals surface area contributed by atoms with Crippen molar-refractivity contribution in [2.24, 2.45) is 29.6 Å². The van der Waals surface area contributed by atoms with Gasteiger partial charge in [0.2, 0.25) is 0 Å². The molecular formula is C38H45F9O. The van der Waals surface area contributed by atoms with E-state index in [0.717, 1.165) is 63.5 Å². The molecule has 0 atom stereocenters. The smallest absolute Gasteiger partial charge is 0.400 e. The van der Waals surface area contributed by atoms with Crippen molar-refractivity contribution in [2.75, 3.05) is 0 Å². The summed E-state index contributed by atoms with van der Waals surface area (Å²) in [6, 6.07) is 2.68. The third kappa shape index (κ3) is 8.55. The average Bonchev–Trinajstić information content (AvgIpc) is 3.07. The van der Waals surface area contributed by atoms with Crippen LogP contribution in [0.25, 0.3) is 5.83 Å². The van der Waals surface area contributed by atoms with E-state index in [9.17, 15) is 30.7 Å². The van der Waals surface area contributed by atoms with Crippen molar-refractivity contribution in [1.29, 1.82) is 0 Å². The van der Waals surface area contributed by atoms with Crippen LogP contribution in [0, 0.1) is 58.7 Å². The van der Waals surface area contributed by atoms with Crippen molar-refractivity contribution in [3.05, 3.63) is 70.3 Å². The number of halogens is 9. The van der Waals surface area contributed by atoms with E-state index in [-0.39, 0.29) is 30.7 Å². The second-order valence-electron chi connectivity index (χ2n) is 14.3. The Balaban J connectivity index is 1.07. The fraction of sp³-hybridized carbons (Fsp3) is 0.632. The van der Waals surface area contributed by atoms with Gasteiger partial charge in [-0.1, -0.05) is 19.8 Å². The largest absolute Gasteiger partial charge is 0.432 e. The van der Waals surface area contributed by atoms with Gasteiger partial charge in [0.05, 0.1) is 5.92 Å². The molecule has 3 aliphatic carbocycles. The Morgan fingerprint density at radius 3 is 1.58 bits per heavy atom. The molecule has 266 valence electrons. The molecule has 0 saturated heterocycles. The van der Waals surface area contributed by atoms with E-state index in [1.807, 2.05) is 6.92 Å². The molecule has 2 aromatic rings. The van der Waals surface area contributed by atoms with Gasteiger partial charge in [0.1, 0.15) is 23.2 Å². The van der Waals surface area contributed by atoms with Gasteiger partial charge in [-0.2, -0.15) is 8.78 Å². The van der Waals surface area contributed by atoms with Crippen molar-refractivity contribution >= 4 is 5.83 Å². The lowest BCUT2D eigenvalue weighted by Gasteiger charge is -2.42. The zero-order chi connectivity index (χ0) is 34.6. The maximum atomic E-state index is 15.1. The quantitative estimate of drug-likeness (QED) is 0.130. The molecule has 0 aliphatic heterocycles. The molecule has 0 spiro atoms. The van der Waals surface area contributed by atoms with Gasteiger partial charge in [-0.25, -0.2) is 30.7 Å². The van der Waals surface area contributed by atoms with Crippen LogP contribution in [0.15, 0.2) is 30.1 Å². The van der Waals surface area contributed by atoms with Gasteiger partial charge in [-0.05, 0) is 125 Å². The molecule has 0 unspecified atom stereocenters. The number of hydrogen-bond donors (Lipinski definition) is 0. The Morgan fingerprint density at radius 2 is 1.10 bits per heavy atom. The topological polar surface area (TPSA) is 9.23 Å². The van der Waals surface area contributed by atoms with Crippen molar-refractivity contribution in [3.8, 4) is 5.75 Å². The maximum Gasteiger partial charge on any atom is 0.400 e. The summed E-state index contributed by atoms with van der Waals surface area (Å²) in [6.45, 7) is 1.94. The molecule has 0 N–H and O–H groups in total. The summed E-state index contributed by atoms with van der Waals surface area (Å²) in [4.78, 5) is 0. The minimum absolute atomic E-state index is 0.0383. The molecular weight excluding hydrogens is 643 g/mol. The summed E-state index contributed by atoms with van der Waals surface area (Å²) in [5, 5.41) is 0. The van der Waals surface area contributed by atoms with Gasteiger partial charge in [-0.3, -0.25) is 0 Å². The van der Waals surface area contributed by atoms with Gasteiger partial charge >= 0.3 is 6.11 Å². The van der Waals surface area contributed by atoms with Crippen LogP contribution >= 0.6 is 0 Å². The monoisotopic (exact) mass is 688 g/mol. The molecule has 0 heterocycles. The normalized spacial score (nSPS) is 27.5. The minimum atomic E-state index is -3.63. The van der Waals surface area contributed by atoms with Crippen LogP contribution in [0.2, 0.25) is 0 Å². The average molecular weight is 689 g/mol. The standard InChI is InChI=1S/C38H45F9O/c1-2-3-4-5-30(39)36(44)27-18-31(40)35(32(41)19-27)26-12-10-24(11-13-26)22-6-8-23(9-7-22)25-14-16-28(17-15-25)38(46,47)48-29-20-33(42)37(45)34(43)21-29/h18-26,28H,2-17H2,1H3. The predicted octanol–water partition coefficient (Wildman–Crippen LogP) is 13.1. The van der Waals surface area contributed by atoms with Crippen molar-refractivity contribution in [2.45, 2.75) is 122 Å². The molecule has 2 aromatic carbocycles. The molecule has 0 aromatic heterocycles. The first-order chi connectivity index (χ1) is 22.9. The number of hydrogen-bond acceptors (Lipinski definition) is 1. The van der Waals surface area contributed by atoms with E-state index >= 15 is 8.78 Å². The Bertz CT molecular complexity index is 1370. The molecule has 3 saturated carbocycles. The lowest BCUT2D eigenvalue weighted by atomic mass is 9.64. The zero-order valence-electron chi connectivity index (χ0n) is 27.4. The van der Waals surface area contributed by atoms with Gasteiger partial charge in [-0.15, -0.1) is 0 Å². The molecule has 10 heteroatoms. The number of ether oxygens (including phenoxy) is 1. The summed E-state index contributed by atoms with van der Waals surface area (Å²) in [5.41, 5.74) is -0.439. The van der Waals surface area contributed by atoms with Gasteiger partial charge < -0.3 is 4.74 Å². The summed E-state index contributed by atoms with van der Waals surface area (Å²) in [6.07, 6.45) is 6.95. The molecule has 0 bridgehead atoms. The fourth-order valence-electron chi connectivity index (χ4n) is 8.62. The van der Waals surface area contributed by atoms with Crippen molar-refractivity contribution in [3.63, 3.8) is 0 Å². The zero-order valence-corrected chi connectivity index (χ0v) is 27.4. The lowest BCUT2D eigenvalue weighted by molar-refractivity contribution is -0.224. The Labute approximate surface area is 277 Å². The molecule has 3 fully saturated rings. The van der Waals surface area contributed by atoms with Crippen LogP contribution in [0.1, 0.15) is 127 Å². The van der Waals surface area contributed by atoms with Crippen LogP contribution in [0.3, 0.4) is 0 Å². The third-order valence-corrected chi connectivity index (χ3v) is 11.4. The van der Waals surface area contributed by atoms with E-state index in [0.29, 0.717) is 67.9 Å². The molecule has 48 heavy (non-hydrogen) atoms. The molecule has 5 rings (SSSR count). The van der Waals surface area contributed by atoms with Crippen LogP contribution in [-0.2, 0) is 0 Å². The van der Waals surface area contributed by atoms with Crippen molar-refractivity contribution in [1.82, 2.24) is 0 Å². The highest BCUT2D eigenvalue weighted by atomic mass is 19.3. The Morgan fingerprint density at radius 1 is 0.646 bits per heavy atom. The van der Waals surface area contributed by atoms with Crippen LogP contribution in [0.4, 0.5) is 39.5 Å². The van der Waals surface area contributed by atoms with Crippen LogP contribution < -0.4 is 4.74 Å². The van der Waals surface area contributed by atoms with E-state index in [1.165, 1.54) is 0 Å². The van der Waals surface area contributed by atoms with E-state index in [2.05, 4.69) is 4.74 Å². The summed E-state index contributed by atoms with van der Waals surface area (Å²) in [5.74, 6) is -9.22. The van der Waals surface area contributed by atoms with Gasteiger partial charge in [0.25, 0.3) is 0 Å². The predicted molar refractivity (Wildman–Crippen MR) is 167 cm³/mol. The number of unbranched alkanes of at least 4 members (excludes halogenated alkanes) is 2. The second kappa shape index (κ2) is 15.9. The summed E-state index contributed by atoms with van der Waals surface area (Å²) < 4.78 is 134. The first-order valence-corrected chi connectivity index (χ1v) is 17.6. The second-order valence-corrected chi connectivity index (χ2v) is 14.3. The first-order valence-electron chi connectivity index (χ1n) is 17.6. The molecule has 0 radical (unpaired) electrons. The van der Waals surface area contributed by atoms with E-state index in [1.54, 1.807) is 0 Å². The number of rotatable bonds is 11.